The second kappa shape index (κ2) is 6.22. The molecule has 5 nitrogen and oxygen atoms in total. The summed E-state index contributed by atoms with van der Waals surface area (Å²) in [5.41, 5.74) is 1.10. The minimum atomic E-state index is 0.197. The third kappa shape index (κ3) is 2.94. The first-order chi connectivity index (χ1) is 9.08. The molecule has 0 aliphatic carbocycles. The fraction of sp³-hybridized carbons (Fsp3) is 0.769. The first kappa shape index (κ1) is 14.8. The summed E-state index contributed by atoms with van der Waals surface area (Å²) in [7, 11) is 6.35. The molecule has 2 rings (SSSR count). The Kier molecular flexibility index (Phi) is 4.84. The Bertz CT molecular complexity index is 419. The molecular weight excluding hydrogens is 262 g/mol. The van der Waals surface area contributed by atoms with Gasteiger partial charge in [-0.15, -0.1) is 0 Å². The molecule has 0 radical (unpaired) electrons. The van der Waals surface area contributed by atoms with Crippen molar-refractivity contribution in [2.45, 2.75) is 25.6 Å². The zero-order valence-electron chi connectivity index (χ0n) is 12.2. The molecule has 1 aromatic heterocycles. The monoisotopic (exact) mass is 285 g/mol. The normalized spacial score (nSPS) is 23.7. The van der Waals surface area contributed by atoms with E-state index in [1.807, 2.05) is 11.7 Å². The van der Waals surface area contributed by atoms with Gasteiger partial charge in [-0.2, -0.15) is 5.10 Å². The smallest absolute Gasteiger partial charge is 0.0834 e. The number of aromatic nitrogens is 2. The number of hydrogen-bond donors (Lipinski definition) is 1. The molecule has 2 heterocycles. The maximum atomic E-state index is 6.35. The summed E-state index contributed by atoms with van der Waals surface area (Å²) in [6, 6.07) is 0.603. The van der Waals surface area contributed by atoms with Crippen molar-refractivity contribution in [1.82, 2.24) is 24.9 Å². The van der Waals surface area contributed by atoms with Crippen LogP contribution in [0.5, 0.6) is 0 Å². The predicted molar refractivity (Wildman–Crippen MR) is 78.6 cm³/mol. The van der Waals surface area contributed by atoms with E-state index in [0.717, 1.165) is 36.9 Å². The lowest BCUT2D eigenvalue weighted by atomic mass is 10.0. The van der Waals surface area contributed by atoms with Gasteiger partial charge in [0.15, 0.2) is 0 Å². The minimum Gasteiger partial charge on any atom is -0.310 e. The van der Waals surface area contributed by atoms with E-state index >= 15 is 0 Å². The van der Waals surface area contributed by atoms with E-state index < -0.39 is 0 Å². The van der Waals surface area contributed by atoms with Crippen LogP contribution in [0.4, 0.5) is 0 Å². The Labute approximate surface area is 120 Å². The van der Waals surface area contributed by atoms with Gasteiger partial charge in [0, 0.05) is 32.2 Å². The van der Waals surface area contributed by atoms with E-state index in [1.165, 1.54) is 0 Å². The Balaban J connectivity index is 2.30. The first-order valence-corrected chi connectivity index (χ1v) is 7.23. The molecule has 0 bridgehead atoms. The number of halogens is 1. The quantitative estimate of drug-likeness (QED) is 0.898. The Hall–Kier alpha value is -0.620. The highest BCUT2D eigenvalue weighted by Gasteiger charge is 2.33. The van der Waals surface area contributed by atoms with E-state index in [2.05, 4.69) is 41.2 Å². The van der Waals surface area contributed by atoms with Crippen LogP contribution in [0.2, 0.25) is 5.02 Å². The number of likely N-dealkylation sites (N-methyl/N-ethyl adjacent to an activating group) is 3. The highest BCUT2D eigenvalue weighted by Crippen LogP contribution is 2.28. The topological polar surface area (TPSA) is 36.3 Å². The average molecular weight is 286 g/mol. The summed E-state index contributed by atoms with van der Waals surface area (Å²) in [6.45, 7) is 6.16. The molecule has 1 aromatic rings. The largest absolute Gasteiger partial charge is 0.310 e. The van der Waals surface area contributed by atoms with Gasteiger partial charge in [-0.05, 0) is 28.1 Å². The van der Waals surface area contributed by atoms with Crippen molar-refractivity contribution >= 4 is 11.6 Å². The number of aryl methyl sites for hydroxylation is 1. The van der Waals surface area contributed by atoms with E-state index in [4.69, 9.17) is 11.6 Å². The molecule has 2 atom stereocenters. The highest BCUT2D eigenvalue weighted by molar-refractivity contribution is 6.31. The predicted octanol–water partition coefficient (Wildman–Crippen LogP) is 1.06. The van der Waals surface area contributed by atoms with Crippen LogP contribution in [0.1, 0.15) is 18.7 Å². The van der Waals surface area contributed by atoms with Gasteiger partial charge in [0.2, 0.25) is 0 Å². The van der Waals surface area contributed by atoms with Crippen LogP contribution in [0.15, 0.2) is 6.20 Å². The summed E-state index contributed by atoms with van der Waals surface area (Å²) in [6.07, 6.45) is 1.75. The average Bonchev–Trinajstić information content (AvgIpc) is 2.76. The van der Waals surface area contributed by atoms with Crippen molar-refractivity contribution in [3.63, 3.8) is 0 Å². The van der Waals surface area contributed by atoms with Gasteiger partial charge in [-0.25, -0.2) is 0 Å². The summed E-state index contributed by atoms with van der Waals surface area (Å²) in [5.74, 6) is 0. The van der Waals surface area contributed by atoms with Crippen molar-refractivity contribution in [3.05, 3.63) is 16.9 Å². The number of hydrogen-bond acceptors (Lipinski definition) is 4. The Morgan fingerprint density at radius 2 is 2.21 bits per heavy atom. The molecule has 2 unspecified atom stereocenters. The summed E-state index contributed by atoms with van der Waals surface area (Å²) in [4.78, 5) is 4.78. The number of nitrogens with zero attached hydrogens (tertiary/aromatic N) is 4. The first-order valence-electron chi connectivity index (χ1n) is 6.85. The lowest BCUT2D eigenvalue weighted by molar-refractivity contribution is 0.0874. The fourth-order valence-corrected chi connectivity index (χ4v) is 3.11. The van der Waals surface area contributed by atoms with E-state index in [0.29, 0.717) is 6.04 Å². The van der Waals surface area contributed by atoms with Crippen LogP contribution in [-0.2, 0) is 6.54 Å². The van der Waals surface area contributed by atoms with Gasteiger partial charge in [-0.1, -0.05) is 11.6 Å². The van der Waals surface area contributed by atoms with Crippen molar-refractivity contribution in [2.75, 3.05) is 40.8 Å². The maximum Gasteiger partial charge on any atom is 0.0834 e. The van der Waals surface area contributed by atoms with E-state index in [1.54, 1.807) is 6.20 Å². The molecule has 0 saturated carbocycles. The van der Waals surface area contributed by atoms with Gasteiger partial charge >= 0.3 is 0 Å². The van der Waals surface area contributed by atoms with Gasteiger partial charge in [0.05, 0.1) is 23.0 Å². The third-order valence-corrected chi connectivity index (χ3v) is 4.31. The molecule has 1 aliphatic rings. The van der Waals surface area contributed by atoms with Crippen LogP contribution in [-0.4, -0.2) is 66.4 Å². The van der Waals surface area contributed by atoms with Gasteiger partial charge in [0.1, 0.15) is 0 Å². The minimum absolute atomic E-state index is 0.197. The van der Waals surface area contributed by atoms with Crippen LogP contribution in [0.3, 0.4) is 0 Å². The van der Waals surface area contributed by atoms with Crippen LogP contribution < -0.4 is 5.32 Å². The van der Waals surface area contributed by atoms with Crippen LogP contribution in [0.25, 0.3) is 0 Å². The lowest BCUT2D eigenvalue weighted by Crippen LogP contribution is -2.55. The van der Waals surface area contributed by atoms with Gasteiger partial charge < -0.3 is 10.2 Å². The standard InChI is InChI=1S/C13H24ClN5/c1-5-19-13(10(14)8-16-19)12(15-2)11-9-17(3)6-7-18(11)4/h8,11-12,15H,5-7,9H2,1-4H3. The second-order valence-corrected chi connectivity index (χ2v) is 5.68. The molecule has 0 spiro atoms. The second-order valence-electron chi connectivity index (χ2n) is 5.27. The molecule has 1 aliphatic heterocycles. The van der Waals surface area contributed by atoms with Crippen LogP contribution >= 0.6 is 11.6 Å². The van der Waals surface area contributed by atoms with Crippen molar-refractivity contribution in [3.8, 4) is 0 Å². The summed E-state index contributed by atoms with van der Waals surface area (Å²) in [5, 5.41) is 8.53. The molecule has 108 valence electrons. The van der Waals surface area contributed by atoms with Crippen LogP contribution in [0, 0.1) is 0 Å². The maximum absolute atomic E-state index is 6.35. The molecule has 1 fully saturated rings. The Morgan fingerprint density at radius 1 is 1.47 bits per heavy atom. The summed E-state index contributed by atoms with van der Waals surface area (Å²) >= 11 is 6.35. The SMILES string of the molecule is CCn1ncc(Cl)c1C(NC)C1CN(C)CCN1C. The zero-order valence-corrected chi connectivity index (χ0v) is 13.0. The van der Waals surface area contributed by atoms with Crippen molar-refractivity contribution in [2.24, 2.45) is 0 Å². The van der Waals surface area contributed by atoms with Crippen molar-refractivity contribution < 1.29 is 0 Å². The third-order valence-electron chi connectivity index (χ3n) is 4.02. The number of piperazine rings is 1. The molecule has 0 amide bonds. The lowest BCUT2D eigenvalue weighted by Gasteiger charge is -2.42. The molecule has 6 heteroatoms. The fourth-order valence-electron chi connectivity index (χ4n) is 2.85. The van der Waals surface area contributed by atoms with E-state index in [-0.39, 0.29) is 6.04 Å². The highest BCUT2D eigenvalue weighted by atomic mass is 35.5. The molecular formula is C13H24ClN5. The van der Waals surface area contributed by atoms with E-state index in [9.17, 15) is 0 Å². The van der Waals surface area contributed by atoms with Gasteiger partial charge in [-0.3, -0.25) is 9.58 Å². The molecule has 1 N–H and O–H groups in total. The summed E-state index contributed by atoms with van der Waals surface area (Å²) < 4.78 is 1.99. The molecule has 1 saturated heterocycles. The number of nitrogens with one attached hydrogen (secondary N) is 1. The Morgan fingerprint density at radius 3 is 2.84 bits per heavy atom. The van der Waals surface area contributed by atoms with Crippen molar-refractivity contribution in [1.29, 1.82) is 0 Å². The molecule has 0 aromatic carbocycles. The number of rotatable bonds is 4. The molecule has 19 heavy (non-hydrogen) atoms. The zero-order chi connectivity index (χ0) is 14.0. The van der Waals surface area contributed by atoms with Gasteiger partial charge in [0.25, 0.3) is 0 Å².